The number of aromatic nitrogens is 6. The molecule has 2 atom stereocenters. The van der Waals surface area contributed by atoms with Gasteiger partial charge in [0.2, 0.25) is 0 Å². The third kappa shape index (κ3) is 5.29. The van der Waals surface area contributed by atoms with E-state index in [2.05, 4.69) is 24.9 Å². The van der Waals surface area contributed by atoms with Crippen molar-refractivity contribution >= 4 is 22.7 Å². The number of methoxy groups -OCH3 is 1. The van der Waals surface area contributed by atoms with Gasteiger partial charge in [0.15, 0.2) is 28.9 Å². The zero-order chi connectivity index (χ0) is 29.7. The number of piperidine rings is 1. The molecule has 0 unspecified atom stereocenters. The first-order valence-corrected chi connectivity index (χ1v) is 12.0. The van der Waals surface area contributed by atoms with Gasteiger partial charge in [0, 0.05) is 19.0 Å². The second kappa shape index (κ2) is 10.3. The van der Waals surface area contributed by atoms with Gasteiger partial charge in [0.25, 0.3) is 12.3 Å². The summed E-state index contributed by atoms with van der Waals surface area (Å²) in [6.07, 6.45) is -3.57. The van der Waals surface area contributed by atoms with Gasteiger partial charge < -0.3 is 30.8 Å². The highest BCUT2D eigenvalue weighted by Crippen LogP contribution is 2.38. The Hall–Kier alpha value is -4.25. The normalized spacial score (nSPS) is 19.6. The molecule has 0 amide bonds. The molecule has 1 fully saturated rings. The van der Waals surface area contributed by atoms with Gasteiger partial charge in [-0.3, -0.25) is 0 Å². The fourth-order valence-electron chi connectivity index (χ4n) is 4.86. The number of imidazole rings is 1. The fraction of sp³-hybridized carbons (Fsp3) is 0.375. The van der Waals surface area contributed by atoms with E-state index >= 15 is 0 Å². The quantitative estimate of drug-likeness (QED) is 0.276. The van der Waals surface area contributed by atoms with Crippen molar-refractivity contribution in [2.45, 2.75) is 37.0 Å². The minimum absolute atomic E-state index is 0.0197. The van der Waals surface area contributed by atoms with E-state index in [0.29, 0.717) is 0 Å². The number of nitrogens with two attached hydrogens (primary N) is 2. The molecule has 0 saturated carbocycles. The molecule has 17 heteroatoms. The molecule has 4 aromatic rings. The monoisotopic (exact) mass is 583 g/mol. The van der Waals surface area contributed by atoms with Crippen molar-refractivity contribution < 1.29 is 36.2 Å². The van der Waals surface area contributed by atoms with Crippen LogP contribution in [0.5, 0.6) is 5.75 Å². The predicted octanol–water partition coefficient (Wildman–Crippen LogP) is 2.37. The molecule has 11 nitrogen and oxygen atoms in total. The van der Waals surface area contributed by atoms with Crippen molar-refractivity contribution in [3.05, 3.63) is 48.3 Å². The average Bonchev–Trinajstić information content (AvgIpc) is 3.32. The summed E-state index contributed by atoms with van der Waals surface area (Å²) in [5.74, 6) is -6.03. The number of fused-ring (bicyclic) bond motifs is 1. The smallest absolute Gasteiger partial charge is 0.267 e. The number of anilines is 2. The molecule has 0 bridgehead atoms. The summed E-state index contributed by atoms with van der Waals surface area (Å²) in [5.41, 5.74) is 9.39. The third-order valence-electron chi connectivity index (χ3n) is 6.74. The third-order valence-corrected chi connectivity index (χ3v) is 6.74. The first-order chi connectivity index (χ1) is 19.3. The number of hydrogen-bond acceptors (Lipinski definition) is 10. The Morgan fingerprint density at radius 2 is 1.85 bits per heavy atom. The summed E-state index contributed by atoms with van der Waals surface area (Å²) in [7, 11) is 1.16. The Morgan fingerprint density at radius 1 is 1.10 bits per heavy atom. The van der Waals surface area contributed by atoms with Crippen LogP contribution in [0.15, 0.2) is 31.0 Å². The van der Waals surface area contributed by atoms with Gasteiger partial charge in [-0.2, -0.15) is 0 Å². The molecule has 1 aromatic carbocycles. The molecule has 1 aliphatic heterocycles. The molecule has 41 heavy (non-hydrogen) atoms. The molecular formula is C24H23F6N9O2. The van der Waals surface area contributed by atoms with Crippen LogP contribution in [-0.4, -0.2) is 78.8 Å². The number of benzene rings is 1. The number of aliphatic hydroxyl groups excluding tert-OH is 1. The lowest BCUT2D eigenvalue weighted by Gasteiger charge is -2.46. The van der Waals surface area contributed by atoms with Gasteiger partial charge in [-0.25, -0.2) is 51.3 Å². The highest BCUT2D eigenvalue weighted by molar-refractivity contribution is 5.81. The summed E-state index contributed by atoms with van der Waals surface area (Å²) in [6, 6.07) is 1.61. The molecule has 0 radical (unpaired) electrons. The lowest BCUT2D eigenvalue weighted by Crippen LogP contribution is -2.68. The van der Waals surface area contributed by atoms with Crippen LogP contribution in [0.3, 0.4) is 0 Å². The second-order valence-corrected chi connectivity index (χ2v) is 9.70. The molecule has 0 spiro atoms. The van der Waals surface area contributed by atoms with Gasteiger partial charge in [0.1, 0.15) is 23.8 Å². The summed E-state index contributed by atoms with van der Waals surface area (Å²) < 4.78 is 92.1. The second-order valence-electron chi connectivity index (χ2n) is 9.70. The number of alkyl halides is 4. The van der Waals surface area contributed by atoms with Crippen molar-refractivity contribution in [2.24, 2.45) is 5.73 Å². The molecule has 4 heterocycles. The fourth-order valence-corrected chi connectivity index (χ4v) is 4.86. The Balaban J connectivity index is 1.64. The maximum atomic E-state index is 14.9. The summed E-state index contributed by atoms with van der Waals surface area (Å²) in [5, 5.41) is 10.0. The summed E-state index contributed by atoms with van der Waals surface area (Å²) in [4.78, 5) is 21.5. The minimum Gasteiger partial charge on any atom is -0.494 e. The van der Waals surface area contributed by atoms with Gasteiger partial charge >= 0.3 is 0 Å². The molecule has 3 aromatic heterocycles. The molecule has 0 aliphatic carbocycles. The zero-order valence-electron chi connectivity index (χ0n) is 21.3. The van der Waals surface area contributed by atoms with Crippen molar-refractivity contribution in [3.63, 3.8) is 0 Å². The largest absolute Gasteiger partial charge is 0.494 e. The molecule has 5 N–H and O–H groups in total. The van der Waals surface area contributed by atoms with E-state index in [4.69, 9.17) is 16.2 Å². The van der Waals surface area contributed by atoms with Crippen LogP contribution >= 0.6 is 0 Å². The van der Waals surface area contributed by atoms with Crippen LogP contribution in [0.1, 0.15) is 12.1 Å². The number of nitrogens with zero attached hydrogens (tertiary/aromatic N) is 7. The highest BCUT2D eigenvalue weighted by Gasteiger charge is 2.53. The van der Waals surface area contributed by atoms with Crippen LogP contribution in [0.4, 0.5) is 37.8 Å². The maximum Gasteiger partial charge on any atom is 0.267 e. The first-order valence-electron chi connectivity index (χ1n) is 12.0. The van der Waals surface area contributed by atoms with Crippen molar-refractivity contribution in [1.29, 1.82) is 0 Å². The molecular weight excluding hydrogens is 560 g/mol. The number of rotatable bonds is 7. The first kappa shape index (κ1) is 28.3. The van der Waals surface area contributed by atoms with E-state index in [1.165, 1.54) is 17.2 Å². The van der Waals surface area contributed by atoms with E-state index in [-0.39, 0.29) is 52.0 Å². The van der Waals surface area contributed by atoms with Gasteiger partial charge in [-0.15, -0.1) is 0 Å². The SMILES string of the molecule is COc1cc(F)c(-c2ncc(N3CC(F)(F)C[C@](N)([C@H](O)C(F)F)C3)c(Cn3cnc4c(N)ncnc43)n2)cc1F. The van der Waals surface area contributed by atoms with E-state index in [0.717, 1.165) is 30.3 Å². The lowest BCUT2D eigenvalue weighted by atomic mass is 9.82. The van der Waals surface area contributed by atoms with Crippen molar-refractivity contribution in [2.75, 3.05) is 30.8 Å². The van der Waals surface area contributed by atoms with Gasteiger partial charge in [-0.1, -0.05) is 0 Å². The average molecular weight is 583 g/mol. The molecule has 218 valence electrons. The zero-order valence-corrected chi connectivity index (χ0v) is 21.3. The van der Waals surface area contributed by atoms with Gasteiger partial charge in [-0.05, 0) is 6.07 Å². The minimum atomic E-state index is -3.59. The molecule has 5 rings (SSSR count). The van der Waals surface area contributed by atoms with E-state index in [1.54, 1.807) is 0 Å². The van der Waals surface area contributed by atoms with Crippen LogP contribution < -0.4 is 21.1 Å². The van der Waals surface area contributed by atoms with Crippen LogP contribution in [0.25, 0.3) is 22.6 Å². The lowest BCUT2D eigenvalue weighted by molar-refractivity contribution is -0.102. The number of hydrogen-bond donors (Lipinski definition) is 3. The maximum absolute atomic E-state index is 14.9. The molecule has 1 saturated heterocycles. The van der Waals surface area contributed by atoms with Crippen LogP contribution in [0, 0.1) is 11.6 Å². The number of ether oxygens (including phenoxy) is 1. The van der Waals surface area contributed by atoms with E-state index in [1.807, 2.05) is 0 Å². The Morgan fingerprint density at radius 3 is 2.56 bits per heavy atom. The van der Waals surface area contributed by atoms with Crippen LogP contribution in [0.2, 0.25) is 0 Å². The summed E-state index contributed by atoms with van der Waals surface area (Å²) >= 11 is 0. The highest BCUT2D eigenvalue weighted by atomic mass is 19.3. The number of halogens is 6. The Labute approximate surface area is 227 Å². The van der Waals surface area contributed by atoms with E-state index in [9.17, 15) is 31.4 Å². The topological polar surface area (TPSA) is 154 Å². The van der Waals surface area contributed by atoms with Crippen LogP contribution in [-0.2, 0) is 6.54 Å². The standard InChI is InChI=1S/C24H23F6N9O2/c1-41-16-3-12(25)11(2-13(16)26)21-33-4-15(39-7-23(32,18(40)19(27)28)6-24(29,30)8-39)14(37-21)5-38-10-36-17-20(31)34-9-35-22(17)38/h2-4,9-10,18-19,40H,5-8,32H2,1H3,(H2,31,34,35)/t18-,23-/m1/s1. The summed E-state index contributed by atoms with van der Waals surface area (Å²) in [6.45, 7) is -1.81. The number of nitrogen functional groups attached to an aromatic ring is 1. The van der Waals surface area contributed by atoms with Crippen molar-refractivity contribution in [1.82, 2.24) is 29.5 Å². The van der Waals surface area contributed by atoms with E-state index < -0.39 is 55.1 Å². The Kier molecular flexibility index (Phi) is 7.10. The predicted molar refractivity (Wildman–Crippen MR) is 133 cm³/mol. The van der Waals surface area contributed by atoms with Crippen molar-refractivity contribution in [3.8, 4) is 17.1 Å². The molecule has 1 aliphatic rings. The number of aliphatic hydroxyl groups is 1. The Bertz CT molecular complexity index is 1600. The van der Waals surface area contributed by atoms with Gasteiger partial charge in [0.05, 0.1) is 55.2 Å².